The van der Waals surface area contributed by atoms with Crippen LogP contribution >= 0.6 is 11.3 Å². The molecule has 0 bridgehead atoms. The van der Waals surface area contributed by atoms with E-state index >= 15 is 0 Å². The van der Waals surface area contributed by atoms with Gasteiger partial charge in [0.25, 0.3) is 0 Å². The minimum absolute atomic E-state index is 0.257. The number of ether oxygens (including phenoxy) is 1. The summed E-state index contributed by atoms with van der Waals surface area (Å²) in [5, 5.41) is 14.7. The summed E-state index contributed by atoms with van der Waals surface area (Å²) in [6, 6.07) is 20.0. The number of fused-ring (bicyclic) bond motifs is 1. The van der Waals surface area contributed by atoms with Crippen molar-refractivity contribution < 1.29 is 9.84 Å². The van der Waals surface area contributed by atoms with Crippen molar-refractivity contribution in [3.05, 3.63) is 72.4 Å². The van der Waals surface area contributed by atoms with Crippen molar-refractivity contribution >= 4 is 32.4 Å². The number of benzene rings is 2. The monoisotopic (exact) mass is 431 g/mol. The van der Waals surface area contributed by atoms with E-state index in [-0.39, 0.29) is 5.92 Å². The molecule has 158 valence electrons. The van der Waals surface area contributed by atoms with Gasteiger partial charge in [-0.2, -0.15) is 0 Å². The zero-order valence-electron chi connectivity index (χ0n) is 17.4. The lowest BCUT2D eigenvalue weighted by atomic mass is 9.76. The maximum atomic E-state index is 10.5. The molecule has 31 heavy (non-hydrogen) atoms. The van der Waals surface area contributed by atoms with Gasteiger partial charge in [0.2, 0.25) is 5.88 Å². The summed E-state index contributed by atoms with van der Waals surface area (Å²) in [5.74, 6) is 1.61. The number of aliphatic hydroxyl groups is 1. The molecule has 0 spiro atoms. The van der Waals surface area contributed by atoms with Gasteiger partial charge < -0.3 is 15.2 Å². The van der Waals surface area contributed by atoms with Crippen LogP contribution in [0.15, 0.2) is 66.9 Å². The predicted octanol–water partition coefficient (Wildman–Crippen LogP) is 6.64. The summed E-state index contributed by atoms with van der Waals surface area (Å²) in [7, 11) is 0. The first-order chi connectivity index (χ1) is 15.1. The molecule has 0 amide bonds. The fourth-order valence-corrected chi connectivity index (χ4v) is 5.18. The summed E-state index contributed by atoms with van der Waals surface area (Å²) >= 11 is 1.63. The van der Waals surface area contributed by atoms with Crippen molar-refractivity contribution in [2.45, 2.75) is 44.1 Å². The zero-order valence-corrected chi connectivity index (χ0v) is 18.2. The Balaban J connectivity index is 1.31. The molecule has 0 radical (unpaired) electrons. The molecule has 0 saturated heterocycles. The number of para-hydroxylation sites is 1. The molecule has 0 aliphatic heterocycles. The highest BCUT2D eigenvalue weighted by Crippen LogP contribution is 2.41. The summed E-state index contributed by atoms with van der Waals surface area (Å²) in [4.78, 5) is 9.10. The van der Waals surface area contributed by atoms with Crippen LogP contribution in [0.4, 0.5) is 10.8 Å². The van der Waals surface area contributed by atoms with Crippen molar-refractivity contribution in [3.8, 4) is 11.6 Å². The van der Waals surface area contributed by atoms with E-state index in [9.17, 15) is 5.11 Å². The van der Waals surface area contributed by atoms with Crippen LogP contribution in [0, 0.1) is 0 Å². The maximum Gasteiger partial charge on any atom is 0.222 e. The van der Waals surface area contributed by atoms with E-state index in [4.69, 9.17) is 4.74 Å². The van der Waals surface area contributed by atoms with Crippen molar-refractivity contribution in [3.63, 3.8) is 0 Å². The fraction of sp³-hybridized carbons (Fsp3) is 0.280. The van der Waals surface area contributed by atoms with Crippen LogP contribution in [0.3, 0.4) is 0 Å². The van der Waals surface area contributed by atoms with E-state index in [0.717, 1.165) is 58.0 Å². The molecular formula is C25H25N3O2S. The van der Waals surface area contributed by atoms with Gasteiger partial charge in [0.05, 0.1) is 15.8 Å². The van der Waals surface area contributed by atoms with Crippen molar-refractivity contribution in [2.24, 2.45) is 0 Å². The Labute approximate surface area is 185 Å². The highest BCUT2D eigenvalue weighted by Gasteiger charge is 2.32. The lowest BCUT2D eigenvalue weighted by Gasteiger charge is -2.34. The van der Waals surface area contributed by atoms with Gasteiger partial charge >= 0.3 is 0 Å². The molecule has 2 aromatic carbocycles. The first-order valence-corrected chi connectivity index (χ1v) is 11.5. The first-order valence-electron chi connectivity index (χ1n) is 10.6. The van der Waals surface area contributed by atoms with Gasteiger partial charge in [-0.25, -0.2) is 9.97 Å². The Kier molecular flexibility index (Phi) is 5.34. The summed E-state index contributed by atoms with van der Waals surface area (Å²) in [6.07, 6.45) is 5.40. The first kappa shape index (κ1) is 20.0. The molecule has 2 N–H and O–H groups in total. The smallest absolute Gasteiger partial charge is 0.222 e. The van der Waals surface area contributed by atoms with E-state index in [1.165, 1.54) is 0 Å². The number of nitrogens with one attached hydrogen (secondary N) is 1. The molecule has 0 unspecified atom stereocenters. The third-order valence-electron chi connectivity index (χ3n) is 5.81. The van der Waals surface area contributed by atoms with Crippen LogP contribution < -0.4 is 10.1 Å². The topological polar surface area (TPSA) is 67.3 Å². The number of pyridine rings is 1. The van der Waals surface area contributed by atoms with Gasteiger partial charge in [-0.3, -0.25) is 0 Å². The highest BCUT2D eigenvalue weighted by molar-refractivity contribution is 7.22. The molecule has 4 aromatic rings. The fourth-order valence-electron chi connectivity index (χ4n) is 4.30. The second-order valence-electron chi connectivity index (χ2n) is 8.43. The molecule has 5 nitrogen and oxygen atoms in total. The minimum Gasteiger partial charge on any atom is -0.439 e. The molecule has 2 atom stereocenters. The molecule has 2 heterocycles. The van der Waals surface area contributed by atoms with Crippen LogP contribution in [0.2, 0.25) is 0 Å². The van der Waals surface area contributed by atoms with Crippen LogP contribution in [0.1, 0.15) is 44.1 Å². The van der Waals surface area contributed by atoms with Gasteiger partial charge in [-0.1, -0.05) is 29.5 Å². The van der Waals surface area contributed by atoms with Gasteiger partial charge in [0, 0.05) is 17.4 Å². The van der Waals surface area contributed by atoms with Crippen molar-refractivity contribution in [1.82, 2.24) is 9.97 Å². The molecule has 6 heteroatoms. The minimum atomic E-state index is -0.621. The van der Waals surface area contributed by atoms with Gasteiger partial charge in [-0.05, 0) is 81.0 Å². The number of hydrogen-bond donors (Lipinski definition) is 2. The van der Waals surface area contributed by atoms with E-state index in [1.807, 2.05) is 55.5 Å². The molecule has 1 fully saturated rings. The third kappa shape index (κ3) is 4.55. The van der Waals surface area contributed by atoms with Crippen molar-refractivity contribution in [1.29, 1.82) is 0 Å². The van der Waals surface area contributed by atoms with Gasteiger partial charge in [0.15, 0.2) is 5.13 Å². The molecule has 2 aromatic heterocycles. The Morgan fingerprint density at radius 1 is 1.10 bits per heavy atom. The van der Waals surface area contributed by atoms with Crippen LogP contribution in [0.25, 0.3) is 10.2 Å². The number of aromatic nitrogens is 2. The van der Waals surface area contributed by atoms with Crippen LogP contribution in [0.5, 0.6) is 11.6 Å². The summed E-state index contributed by atoms with van der Waals surface area (Å²) in [5.41, 5.74) is 2.40. The standard InChI is InChI=1S/C25H25N3O2S/c1-25(29)14-4-6-17(16-25)20-7-5-15-26-23(20)30-19-12-10-18(11-13-19)27-24-28-21-8-2-3-9-22(21)31-24/h2-3,5,7-13,15,17,29H,4,6,14,16H2,1H3,(H,27,28)/t17-,25+/m0/s1. The Morgan fingerprint density at radius 3 is 2.74 bits per heavy atom. The lowest BCUT2D eigenvalue weighted by molar-refractivity contribution is 0.0142. The summed E-state index contributed by atoms with van der Waals surface area (Å²) < 4.78 is 7.31. The molecule has 1 aliphatic carbocycles. The van der Waals surface area contributed by atoms with E-state index in [1.54, 1.807) is 17.5 Å². The Morgan fingerprint density at radius 2 is 1.94 bits per heavy atom. The largest absolute Gasteiger partial charge is 0.439 e. The summed E-state index contributed by atoms with van der Waals surface area (Å²) in [6.45, 7) is 1.92. The second-order valence-corrected chi connectivity index (χ2v) is 9.46. The maximum absolute atomic E-state index is 10.5. The Hall–Kier alpha value is -2.96. The molecular weight excluding hydrogens is 406 g/mol. The Bertz CT molecular complexity index is 1150. The number of nitrogens with zero attached hydrogens (tertiary/aromatic N) is 2. The van der Waals surface area contributed by atoms with Crippen molar-refractivity contribution in [2.75, 3.05) is 5.32 Å². The molecule has 5 rings (SSSR count). The number of thiazole rings is 1. The zero-order chi connectivity index (χ0) is 21.3. The lowest BCUT2D eigenvalue weighted by Crippen LogP contribution is -2.30. The van der Waals surface area contributed by atoms with Gasteiger partial charge in [-0.15, -0.1) is 0 Å². The van der Waals surface area contributed by atoms with Gasteiger partial charge in [0.1, 0.15) is 5.75 Å². The van der Waals surface area contributed by atoms with E-state index < -0.39 is 5.60 Å². The SMILES string of the molecule is C[C@@]1(O)CCC[C@H](c2cccnc2Oc2ccc(Nc3nc4ccccc4s3)cc2)C1. The van der Waals surface area contributed by atoms with Crippen LogP contribution in [-0.2, 0) is 0 Å². The normalized spacial score (nSPS) is 21.2. The number of anilines is 2. The quantitative estimate of drug-likeness (QED) is 0.371. The second kappa shape index (κ2) is 8.29. The van der Waals surface area contributed by atoms with E-state index in [0.29, 0.717) is 5.88 Å². The number of rotatable bonds is 5. The number of hydrogen-bond acceptors (Lipinski definition) is 6. The molecule has 1 aliphatic rings. The average Bonchev–Trinajstić information content (AvgIpc) is 3.17. The third-order valence-corrected chi connectivity index (χ3v) is 6.76. The van der Waals surface area contributed by atoms with E-state index in [2.05, 4.69) is 27.4 Å². The molecule has 1 saturated carbocycles. The predicted molar refractivity (Wildman–Crippen MR) is 125 cm³/mol. The highest BCUT2D eigenvalue weighted by atomic mass is 32.1. The average molecular weight is 432 g/mol. The van der Waals surface area contributed by atoms with Crippen LogP contribution in [-0.4, -0.2) is 20.7 Å².